The van der Waals surface area contributed by atoms with Crippen molar-refractivity contribution in [2.45, 2.75) is 69.4 Å². The van der Waals surface area contributed by atoms with Gasteiger partial charge in [0.25, 0.3) is 0 Å². The first-order valence-electron chi connectivity index (χ1n) is 12.9. The maximum Gasteiger partial charge on any atom is 0.410 e. The van der Waals surface area contributed by atoms with Crippen molar-refractivity contribution >= 4 is 23.4 Å². The molecule has 5 heterocycles. The van der Waals surface area contributed by atoms with E-state index in [-0.39, 0.29) is 11.7 Å². The van der Waals surface area contributed by atoms with Crippen LogP contribution < -0.4 is 0 Å². The minimum atomic E-state index is -0.390. The Kier molecular flexibility index (Phi) is 10.5. The maximum absolute atomic E-state index is 13.1. The number of pyridine rings is 2. The zero-order valence-electron chi connectivity index (χ0n) is 22.9. The van der Waals surface area contributed by atoms with Crippen molar-refractivity contribution < 1.29 is 13.9 Å². The number of hydrogen-bond donors (Lipinski definition) is 1. The summed E-state index contributed by atoms with van der Waals surface area (Å²) >= 11 is 1.35. The second-order valence-electron chi connectivity index (χ2n) is 9.49. The van der Waals surface area contributed by atoms with Gasteiger partial charge in [0.2, 0.25) is 0 Å². The van der Waals surface area contributed by atoms with Gasteiger partial charge < -0.3 is 9.64 Å². The monoisotopic (exact) mass is 551 g/mol. The van der Waals surface area contributed by atoms with Crippen molar-refractivity contribution in [3.63, 3.8) is 0 Å². The van der Waals surface area contributed by atoms with E-state index < -0.39 is 5.82 Å². The molecule has 0 bridgehead atoms. The lowest BCUT2D eigenvalue weighted by Gasteiger charge is -2.29. The smallest absolute Gasteiger partial charge is 0.410 e. The van der Waals surface area contributed by atoms with Crippen molar-refractivity contribution in [2.75, 3.05) is 13.1 Å². The van der Waals surface area contributed by atoms with Gasteiger partial charge in [0, 0.05) is 41.5 Å². The Balaban J connectivity index is 0.000000239. The third-order valence-corrected chi connectivity index (χ3v) is 6.43. The van der Waals surface area contributed by atoms with Crippen LogP contribution in [-0.2, 0) is 4.74 Å². The molecule has 0 aliphatic carbocycles. The summed E-state index contributed by atoms with van der Waals surface area (Å²) in [5, 5.41) is 20.9. The summed E-state index contributed by atoms with van der Waals surface area (Å²) in [6.45, 7) is 11.4. The van der Waals surface area contributed by atoms with Crippen LogP contribution in [0.5, 0.6) is 0 Å². The van der Waals surface area contributed by atoms with Gasteiger partial charge in [0.15, 0.2) is 0 Å². The Hall–Kier alpha value is -3.91. The number of rotatable bonds is 3. The summed E-state index contributed by atoms with van der Waals surface area (Å²) in [5.74, 6) is -0.390. The van der Waals surface area contributed by atoms with Gasteiger partial charge in [-0.2, -0.15) is 15.5 Å². The molecule has 0 aromatic carbocycles. The largest absolute Gasteiger partial charge is 0.444 e. The lowest BCUT2D eigenvalue weighted by atomic mass is 10.1. The fourth-order valence-electron chi connectivity index (χ4n) is 3.75. The molecule has 9 nitrogen and oxygen atoms in total. The fraction of sp³-hybridized carbons (Fsp3) is 0.393. The summed E-state index contributed by atoms with van der Waals surface area (Å²) in [5.41, 5.74) is 2.60. The Bertz CT molecular complexity index is 1380. The number of nitrogens with one attached hydrogen (secondary N) is 1. The highest BCUT2D eigenvalue weighted by molar-refractivity contribution is 7.99. The molecule has 0 radical (unpaired) electrons. The molecule has 0 unspecified atom stereocenters. The van der Waals surface area contributed by atoms with E-state index in [1.807, 2.05) is 46.9 Å². The van der Waals surface area contributed by atoms with Crippen LogP contribution in [0.15, 0.2) is 59.1 Å². The number of carbonyl (C=O) groups excluding carboxylic acids is 1. The number of hydrogen-bond acceptors (Lipinski definition) is 7. The van der Waals surface area contributed by atoms with E-state index >= 15 is 0 Å². The molecular weight excluding hydrogens is 517 g/mol. The first-order chi connectivity index (χ1) is 18.7. The molecule has 1 fully saturated rings. The first-order valence-corrected chi connectivity index (χ1v) is 13.7. The average molecular weight is 552 g/mol. The van der Waals surface area contributed by atoms with Gasteiger partial charge in [-0.3, -0.25) is 5.10 Å². The van der Waals surface area contributed by atoms with Crippen LogP contribution in [0.3, 0.4) is 0 Å². The van der Waals surface area contributed by atoms with E-state index in [9.17, 15) is 14.4 Å². The highest BCUT2D eigenvalue weighted by Crippen LogP contribution is 2.34. The highest BCUT2D eigenvalue weighted by Gasteiger charge is 2.23. The summed E-state index contributed by atoms with van der Waals surface area (Å²) in [6.07, 6.45) is 11.3. The Morgan fingerprint density at radius 1 is 1.13 bits per heavy atom. The summed E-state index contributed by atoms with van der Waals surface area (Å²) in [7, 11) is 0. The number of halogens is 1. The van der Waals surface area contributed by atoms with Gasteiger partial charge in [-0.15, -0.1) is 0 Å². The molecule has 1 amide bonds. The first kappa shape index (κ1) is 29.6. The number of nitrogens with zero attached hydrogens (tertiary/aromatic N) is 6. The van der Waals surface area contributed by atoms with E-state index in [0.29, 0.717) is 16.1 Å². The van der Waals surface area contributed by atoms with Gasteiger partial charge in [-0.1, -0.05) is 25.6 Å². The molecule has 4 aromatic rings. The lowest BCUT2D eigenvalue weighted by Crippen LogP contribution is -2.39. The average Bonchev–Trinajstić information content (AvgIpc) is 3.62. The van der Waals surface area contributed by atoms with E-state index in [1.54, 1.807) is 27.9 Å². The van der Waals surface area contributed by atoms with Crippen LogP contribution in [-0.4, -0.2) is 54.5 Å². The molecule has 0 spiro atoms. The van der Waals surface area contributed by atoms with Crippen LogP contribution in [0.4, 0.5) is 9.18 Å². The Labute approximate surface area is 232 Å². The third kappa shape index (κ3) is 8.29. The van der Waals surface area contributed by atoms with Gasteiger partial charge in [0.05, 0.1) is 29.7 Å². The number of carbonyl (C=O) groups is 1. The molecule has 1 aliphatic rings. The molecule has 4 aromatic heterocycles. The third-order valence-electron chi connectivity index (χ3n) is 5.45. The summed E-state index contributed by atoms with van der Waals surface area (Å²) in [4.78, 5) is 18.2. The molecule has 1 N–H and O–H groups in total. The molecule has 39 heavy (non-hydrogen) atoms. The second kappa shape index (κ2) is 13.8. The number of fused-ring (bicyclic) bond motifs is 1. The number of aromatic nitrogens is 5. The topological polar surface area (TPSA) is 112 Å². The number of H-pyrrole nitrogens is 1. The van der Waals surface area contributed by atoms with E-state index in [1.165, 1.54) is 36.6 Å². The molecule has 1 aliphatic heterocycles. The molecule has 0 atom stereocenters. The number of aromatic amines is 1. The molecule has 0 saturated carbocycles. The van der Waals surface area contributed by atoms with Crippen molar-refractivity contribution in [2.24, 2.45) is 0 Å². The Morgan fingerprint density at radius 2 is 1.87 bits per heavy atom. The van der Waals surface area contributed by atoms with Crippen molar-refractivity contribution in [3.05, 3.63) is 60.6 Å². The Morgan fingerprint density at radius 3 is 2.46 bits per heavy atom. The molecule has 1 saturated heterocycles. The number of ether oxygens (including phenoxy) is 1. The number of likely N-dealkylation sites (tertiary alicyclic amines) is 1. The minimum absolute atomic E-state index is 0.160. The number of amides is 1. The zero-order valence-corrected chi connectivity index (χ0v) is 23.8. The van der Waals surface area contributed by atoms with Crippen LogP contribution in [0.1, 0.15) is 59.4 Å². The van der Waals surface area contributed by atoms with Gasteiger partial charge in [-0.05, 0) is 58.2 Å². The highest BCUT2D eigenvalue weighted by atomic mass is 32.2. The summed E-state index contributed by atoms with van der Waals surface area (Å²) < 4.78 is 20.0. The van der Waals surface area contributed by atoms with Crippen molar-refractivity contribution in [3.8, 4) is 17.2 Å². The minimum Gasteiger partial charge on any atom is -0.444 e. The van der Waals surface area contributed by atoms with Crippen molar-refractivity contribution in [1.82, 2.24) is 29.7 Å². The lowest BCUT2D eigenvalue weighted by molar-refractivity contribution is 0.0216. The van der Waals surface area contributed by atoms with E-state index in [4.69, 9.17) is 4.74 Å². The van der Waals surface area contributed by atoms with Crippen LogP contribution in [0.25, 0.3) is 16.6 Å². The standard InChI is InChI=1S/C16H9FN6S.C10H19NO2.C2H6/c17-13-1-2-15(19-8-13)24-14-3-10(12-5-20-21-6-12)9-23-16(14)11(4-18)7-22-23;1-10(2,3)13-9(12)11-7-5-4-6-8-11;1-2/h1-3,5-9H,(H,20,21);4-8H2,1-3H3;1-2H3. The molecule has 5 rings (SSSR count). The van der Waals surface area contributed by atoms with Crippen molar-refractivity contribution in [1.29, 1.82) is 5.26 Å². The van der Waals surface area contributed by atoms with E-state index in [2.05, 4.69) is 26.3 Å². The maximum atomic E-state index is 13.1. The SMILES string of the molecule is CC.CC(C)(C)OC(=O)N1CCCCC1.N#Cc1cnn2cc(-c3cn[nH]c3)cc(Sc3ccc(F)cn3)c12. The summed E-state index contributed by atoms with van der Waals surface area (Å²) in [6, 6.07) is 7.04. The normalized spacial score (nSPS) is 13.0. The predicted molar refractivity (Wildman–Crippen MR) is 149 cm³/mol. The van der Waals surface area contributed by atoms with Gasteiger partial charge in [0.1, 0.15) is 22.5 Å². The van der Waals surface area contributed by atoms with E-state index in [0.717, 1.165) is 42.0 Å². The zero-order chi connectivity index (χ0) is 28.4. The second-order valence-corrected chi connectivity index (χ2v) is 10.6. The molecule has 206 valence electrons. The van der Waals surface area contributed by atoms with Crippen LogP contribution in [0.2, 0.25) is 0 Å². The van der Waals surface area contributed by atoms with Gasteiger partial charge >= 0.3 is 6.09 Å². The number of piperidine rings is 1. The van der Waals surface area contributed by atoms with Crippen LogP contribution in [0, 0.1) is 17.1 Å². The quantitative estimate of drug-likeness (QED) is 0.301. The predicted octanol–water partition coefficient (Wildman–Crippen LogP) is 6.71. The van der Waals surface area contributed by atoms with Gasteiger partial charge in [-0.25, -0.2) is 18.7 Å². The molecular formula is C28H34FN7O2S. The number of nitriles is 1. The van der Waals surface area contributed by atoms with Crippen LogP contribution >= 0.6 is 11.8 Å². The molecule has 11 heteroatoms. The fourth-order valence-corrected chi connectivity index (χ4v) is 4.70.